The molecule has 1 rings (SSSR count). The predicted octanol–water partition coefficient (Wildman–Crippen LogP) is 1.54. The van der Waals surface area contributed by atoms with Crippen LogP contribution in [0.1, 0.15) is 20.8 Å². The Morgan fingerprint density at radius 3 is 2.38 bits per heavy atom. The molecule has 0 amide bonds. The summed E-state index contributed by atoms with van der Waals surface area (Å²) in [5.41, 5.74) is 1.16. The largest absolute Gasteiger partial charge is 0.494 e. The second-order valence-corrected chi connectivity index (χ2v) is 6.72. The molecule has 3 N–H and O–H groups in total. The van der Waals surface area contributed by atoms with Gasteiger partial charge in [0.05, 0.1) is 27.2 Å². The number of hydrogen-bond donors (Lipinski definition) is 3. The van der Waals surface area contributed by atoms with Crippen LogP contribution in [0.3, 0.4) is 0 Å². The summed E-state index contributed by atoms with van der Waals surface area (Å²) in [6.45, 7) is 9.07. The lowest BCUT2D eigenvalue weighted by molar-refractivity contribution is -0.865. The van der Waals surface area contributed by atoms with Crippen molar-refractivity contribution in [3.63, 3.8) is 0 Å². The molecule has 1 aromatic rings. The van der Waals surface area contributed by atoms with Crippen LogP contribution < -0.4 is 20.3 Å². The van der Waals surface area contributed by atoms with Crippen LogP contribution >= 0.6 is 12.2 Å². The highest BCUT2D eigenvalue weighted by atomic mass is 32.1. The molecule has 21 heavy (non-hydrogen) atoms. The van der Waals surface area contributed by atoms with Crippen molar-refractivity contribution in [3.05, 3.63) is 24.3 Å². The molecule has 118 valence electrons. The van der Waals surface area contributed by atoms with E-state index in [4.69, 9.17) is 17.0 Å². The number of ether oxygens (including phenoxy) is 1. The van der Waals surface area contributed by atoms with Crippen LogP contribution in [-0.4, -0.2) is 38.9 Å². The van der Waals surface area contributed by atoms with Gasteiger partial charge in [0, 0.05) is 17.6 Å². The van der Waals surface area contributed by atoms with Crippen molar-refractivity contribution < 1.29 is 9.64 Å². The maximum absolute atomic E-state index is 5.42. The van der Waals surface area contributed by atoms with Crippen molar-refractivity contribution in [1.29, 1.82) is 0 Å². The summed E-state index contributed by atoms with van der Waals surface area (Å²) in [7, 11) is 4.33. The van der Waals surface area contributed by atoms with Gasteiger partial charge in [-0.15, -0.1) is 0 Å². The van der Waals surface area contributed by atoms with E-state index in [-0.39, 0.29) is 5.41 Å². The third kappa shape index (κ3) is 7.29. The van der Waals surface area contributed by atoms with Crippen LogP contribution in [0.5, 0.6) is 5.75 Å². The van der Waals surface area contributed by atoms with E-state index in [1.165, 1.54) is 4.90 Å². The summed E-state index contributed by atoms with van der Waals surface area (Å²) in [6.07, 6.45) is 0. The minimum absolute atomic E-state index is 0.198. The Bertz CT molecular complexity index is 443. The number of benzene rings is 1. The summed E-state index contributed by atoms with van der Waals surface area (Å²) < 4.78 is 5.42. The molecule has 0 aromatic heterocycles. The number of hydrogen-bond acceptors (Lipinski definition) is 2. The van der Waals surface area contributed by atoms with Crippen LogP contribution in [-0.2, 0) is 0 Å². The second kappa shape index (κ2) is 8.20. The predicted molar refractivity (Wildman–Crippen MR) is 93.3 cm³/mol. The van der Waals surface area contributed by atoms with Crippen molar-refractivity contribution in [2.24, 2.45) is 5.41 Å². The van der Waals surface area contributed by atoms with Crippen molar-refractivity contribution >= 4 is 23.0 Å². The van der Waals surface area contributed by atoms with E-state index in [0.717, 1.165) is 24.5 Å². The van der Waals surface area contributed by atoms with E-state index in [1.807, 2.05) is 31.2 Å². The Hall–Kier alpha value is -1.33. The fraction of sp³-hybridized carbons (Fsp3) is 0.562. The molecule has 0 aliphatic carbocycles. The lowest BCUT2D eigenvalue weighted by Gasteiger charge is -2.26. The maximum Gasteiger partial charge on any atom is 0.170 e. The summed E-state index contributed by atoms with van der Waals surface area (Å²) in [5, 5.41) is 7.14. The second-order valence-electron chi connectivity index (χ2n) is 6.31. The first-order chi connectivity index (χ1) is 9.82. The van der Waals surface area contributed by atoms with E-state index < -0.39 is 0 Å². The van der Waals surface area contributed by atoms with Crippen LogP contribution in [0.25, 0.3) is 0 Å². The third-order valence-corrected chi connectivity index (χ3v) is 3.23. The van der Waals surface area contributed by atoms with Gasteiger partial charge in [-0.1, -0.05) is 13.8 Å². The van der Waals surface area contributed by atoms with Crippen LogP contribution in [0, 0.1) is 5.41 Å². The Morgan fingerprint density at radius 2 is 1.86 bits per heavy atom. The number of thiocarbonyl (C=S) groups is 1. The smallest absolute Gasteiger partial charge is 0.170 e. The van der Waals surface area contributed by atoms with Crippen molar-refractivity contribution in [1.82, 2.24) is 5.32 Å². The fourth-order valence-electron chi connectivity index (χ4n) is 2.32. The van der Waals surface area contributed by atoms with Crippen molar-refractivity contribution in [2.45, 2.75) is 20.8 Å². The molecule has 0 aliphatic heterocycles. The summed E-state index contributed by atoms with van der Waals surface area (Å²) in [6, 6.07) is 7.81. The monoisotopic (exact) mass is 310 g/mol. The molecule has 5 heteroatoms. The molecule has 0 heterocycles. The Morgan fingerprint density at radius 1 is 1.24 bits per heavy atom. The molecule has 0 aliphatic rings. The van der Waals surface area contributed by atoms with Gasteiger partial charge in [0.15, 0.2) is 5.11 Å². The van der Waals surface area contributed by atoms with Crippen molar-refractivity contribution in [2.75, 3.05) is 39.1 Å². The number of nitrogens with one attached hydrogen (secondary N) is 3. The average molecular weight is 310 g/mol. The van der Waals surface area contributed by atoms with Gasteiger partial charge in [0.1, 0.15) is 5.75 Å². The fourth-order valence-corrected chi connectivity index (χ4v) is 2.51. The Balaban J connectivity index is 2.43. The molecule has 0 spiro atoms. The van der Waals surface area contributed by atoms with Crippen LogP contribution in [0.4, 0.5) is 5.69 Å². The SMILES string of the molecule is CCOc1ccc(NC(=S)NCC(C)(C)C[NH+](C)C)cc1. The Kier molecular flexibility index (Phi) is 6.92. The molecular weight excluding hydrogens is 282 g/mol. The topological polar surface area (TPSA) is 37.7 Å². The molecule has 0 saturated heterocycles. The van der Waals surface area contributed by atoms with Gasteiger partial charge in [-0.3, -0.25) is 0 Å². The molecule has 0 atom stereocenters. The third-order valence-electron chi connectivity index (χ3n) is 2.98. The van der Waals surface area contributed by atoms with Gasteiger partial charge in [-0.05, 0) is 43.4 Å². The molecule has 0 radical (unpaired) electrons. The number of quaternary nitrogens is 1. The molecule has 0 fully saturated rings. The molecule has 1 aromatic carbocycles. The first-order valence-electron chi connectivity index (χ1n) is 7.39. The van der Waals surface area contributed by atoms with E-state index in [2.05, 4.69) is 38.6 Å². The normalized spacial score (nSPS) is 11.3. The van der Waals surface area contributed by atoms with E-state index in [1.54, 1.807) is 0 Å². The highest BCUT2D eigenvalue weighted by Gasteiger charge is 2.21. The lowest BCUT2D eigenvalue weighted by Crippen LogP contribution is -3.07. The zero-order valence-corrected chi connectivity index (χ0v) is 14.6. The van der Waals surface area contributed by atoms with Gasteiger partial charge in [-0.2, -0.15) is 0 Å². The minimum atomic E-state index is 0.198. The number of anilines is 1. The molecule has 0 unspecified atom stereocenters. The van der Waals surface area contributed by atoms with Gasteiger partial charge < -0.3 is 20.3 Å². The zero-order chi connectivity index (χ0) is 15.9. The molecule has 0 saturated carbocycles. The Labute approximate surface area is 133 Å². The van der Waals surface area contributed by atoms with E-state index in [0.29, 0.717) is 11.7 Å². The first kappa shape index (κ1) is 17.7. The molecule has 0 bridgehead atoms. The number of rotatable bonds is 7. The summed E-state index contributed by atoms with van der Waals surface area (Å²) >= 11 is 5.34. The van der Waals surface area contributed by atoms with Gasteiger partial charge in [-0.25, -0.2) is 0 Å². The van der Waals surface area contributed by atoms with E-state index >= 15 is 0 Å². The highest BCUT2D eigenvalue weighted by Crippen LogP contribution is 2.15. The van der Waals surface area contributed by atoms with Crippen LogP contribution in [0.2, 0.25) is 0 Å². The first-order valence-corrected chi connectivity index (χ1v) is 7.80. The van der Waals surface area contributed by atoms with Crippen LogP contribution in [0.15, 0.2) is 24.3 Å². The minimum Gasteiger partial charge on any atom is -0.494 e. The average Bonchev–Trinajstić information content (AvgIpc) is 2.38. The lowest BCUT2D eigenvalue weighted by atomic mass is 9.93. The quantitative estimate of drug-likeness (QED) is 0.668. The highest BCUT2D eigenvalue weighted by molar-refractivity contribution is 7.80. The van der Waals surface area contributed by atoms with Gasteiger partial charge in [0.25, 0.3) is 0 Å². The molecule has 4 nitrogen and oxygen atoms in total. The maximum atomic E-state index is 5.42. The summed E-state index contributed by atoms with van der Waals surface area (Å²) in [4.78, 5) is 1.44. The molecular formula is C16H28N3OS+. The summed E-state index contributed by atoms with van der Waals surface area (Å²) in [5.74, 6) is 0.872. The van der Waals surface area contributed by atoms with E-state index in [9.17, 15) is 0 Å². The van der Waals surface area contributed by atoms with Gasteiger partial charge >= 0.3 is 0 Å². The standard InChI is InChI=1S/C16H27N3OS/c1-6-20-14-9-7-13(8-10-14)18-15(21)17-11-16(2,3)12-19(4)5/h7-10H,6,11-12H2,1-5H3,(H2,17,18,21)/p+1. The van der Waals surface area contributed by atoms with Crippen molar-refractivity contribution in [3.8, 4) is 5.75 Å². The zero-order valence-electron chi connectivity index (χ0n) is 13.7. The van der Waals surface area contributed by atoms with Gasteiger partial charge in [0.2, 0.25) is 0 Å².